The Morgan fingerprint density at radius 3 is 2.18 bits per heavy atom. The molecule has 0 aromatic heterocycles. The second-order valence-corrected chi connectivity index (χ2v) is 7.93. The molecule has 28 heavy (non-hydrogen) atoms. The van der Waals surface area contributed by atoms with Gasteiger partial charge in [-0.25, -0.2) is 0 Å². The zero-order valence-corrected chi connectivity index (χ0v) is 16.1. The van der Waals surface area contributed by atoms with Crippen molar-refractivity contribution >= 4 is 0 Å². The number of hydrogen-bond acceptors (Lipinski definition) is 1. The van der Waals surface area contributed by atoms with Gasteiger partial charge in [0.2, 0.25) is 0 Å². The van der Waals surface area contributed by atoms with Gasteiger partial charge in [0, 0.05) is 0 Å². The summed E-state index contributed by atoms with van der Waals surface area (Å²) in [6.07, 6.45) is 6.40. The van der Waals surface area contributed by atoms with Gasteiger partial charge in [-0.15, -0.1) is 13.2 Å². The molecule has 2 aromatic carbocycles. The summed E-state index contributed by atoms with van der Waals surface area (Å²) < 4.78 is 41.0. The first-order valence-electron chi connectivity index (χ1n) is 10.0. The number of fused-ring (bicyclic) bond motifs is 3. The first-order chi connectivity index (χ1) is 13.4. The molecule has 1 nitrogen and oxygen atoms in total. The molecule has 0 radical (unpaired) electrons. The van der Waals surface area contributed by atoms with Crippen LogP contribution in [-0.4, -0.2) is 6.36 Å². The highest BCUT2D eigenvalue weighted by Crippen LogP contribution is 2.39. The summed E-state index contributed by atoms with van der Waals surface area (Å²) >= 11 is 0. The molecule has 2 aliphatic rings. The maximum absolute atomic E-state index is 12.3. The average molecular weight is 386 g/mol. The molecule has 4 rings (SSSR count). The third kappa shape index (κ3) is 4.11. The second-order valence-electron chi connectivity index (χ2n) is 7.93. The minimum Gasteiger partial charge on any atom is -0.406 e. The van der Waals surface area contributed by atoms with E-state index in [4.69, 9.17) is 0 Å². The molecule has 2 aliphatic carbocycles. The topological polar surface area (TPSA) is 9.23 Å². The van der Waals surface area contributed by atoms with E-state index in [0.29, 0.717) is 11.8 Å². The third-order valence-corrected chi connectivity index (χ3v) is 6.13. The lowest BCUT2D eigenvalue weighted by Gasteiger charge is -2.31. The van der Waals surface area contributed by atoms with Crippen molar-refractivity contribution in [1.82, 2.24) is 0 Å². The van der Waals surface area contributed by atoms with Crippen molar-refractivity contribution in [3.63, 3.8) is 0 Å². The summed E-state index contributed by atoms with van der Waals surface area (Å²) in [5.41, 5.74) is 7.09. The van der Waals surface area contributed by atoms with Crippen LogP contribution in [0.2, 0.25) is 0 Å². The molecular weight excluding hydrogens is 361 g/mol. The fraction of sp³-hybridized carbons (Fsp3) is 0.417. The lowest BCUT2D eigenvalue weighted by molar-refractivity contribution is -0.274. The summed E-state index contributed by atoms with van der Waals surface area (Å²) in [4.78, 5) is 0. The quantitative estimate of drug-likeness (QED) is 0.544. The van der Waals surface area contributed by atoms with Gasteiger partial charge in [-0.05, 0) is 97.2 Å². The van der Waals surface area contributed by atoms with Crippen molar-refractivity contribution in [2.75, 3.05) is 0 Å². The van der Waals surface area contributed by atoms with E-state index >= 15 is 0 Å². The van der Waals surface area contributed by atoms with Crippen LogP contribution in [0, 0.1) is 5.92 Å². The van der Waals surface area contributed by atoms with E-state index in [1.54, 1.807) is 17.7 Å². The van der Waals surface area contributed by atoms with Crippen molar-refractivity contribution in [2.45, 2.75) is 57.7 Å². The van der Waals surface area contributed by atoms with Gasteiger partial charge >= 0.3 is 6.36 Å². The number of hydrogen-bond donors (Lipinski definition) is 0. The largest absolute Gasteiger partial charge is 0.573 e. The Morgan fingerprint density at radius 1 is 0.893 bits per heavy atom. The monoisotopic (exact) mass is 386 g/mol. The number of allylic oxidation sites excluding steroid dienone is 2. The molecule has 0 fully saturated rings. The molecule has 0 unspecified atom stereocenters. The minimum atomic E-state index is -4.64. The number of alkyl halides is 3. The molecule has 0 N–H and O–H groups in total. The maximum atomic E-state index is 12.3. The van der Waals surface area contributed by atoms with Crippen molar-refractivity contribution in [3.8, 4) is 5.75 Å². The van der Waals surface area contributed by atoms with Crippen LogP contribution >= 0.6 is 0 Å². The average Bonchev–Trinajstić information content (AvgIpc) is 2.67. The van der Waals surface area contributed by atoms with Crippen LogP contribution in [-0.2, 0) is 25.7 Å². The van der Waals surface area contributed by atoms with Gasteiger partial charge in [-0.3, -0.25) is 0 Å². The summed E-state index contributed by atoms with van der Waals surface area (Å²) in [6.45, 7) is 2.09. The van der Waals surface area contributed by atoms with Crippen LogP contribution in [0.15, 0.2) is 48.6 Å². The zero-order chi connectivity index (χ0) is 19.7. The Bertz CT molecular complexity index is 865. The third-order valence-electron chi connectivity index (χ3n) is 6.13. The molecule has 2 atom stereocenters. The molecule has 148 valence electrons. The van der Waals surface area contributed by atoms with Gasteiger partial charge in [-0.2, -0.15) is 0 Å². The minimum absolute atomic E-state index is 0.155. The molecule has 0 aliphatic heterocycles. The van der Waals surface area contributed by atoms with Crippen LogP contribution in [0.1, 0.15) is 53.5 Å². The van der Waals surface area contributed by atoms with Crippen LogP contribution in [0.4, 0.5) is 13.2 Å². The van der Waals surface area contributed by atoms with Crippen LogP contribution in [0.3, 0.4) is 0 Å². The van der Waals surface area contributed by atoms with Gasteiger partial charge in [0.15, 0.2) is 0 Å². The Kier molecular flexibility index (Phi) is 5.22. The first-order valence-corrected chi connectivity index (χ1v) is 10.0. The SMILES string of the molecule is CC=C[C@H]1CCc2c(ccc3c2CC[C@H](c2ccc(OC(F)(F)F)cc2)C3)C1. The molecule has 0 saturated carbocycles. The van der Waals surface area contributed by atoms with Gasteiger partial charge in [0.25, 0.3) is 0 Å². The smallest absolute Gasteiger partial charge is 0.406 e. The van der Waals surface area contributed by atoms with E-state index in [0.717, 1.165) is 37.7 Å². The fourth-order valence-electron chi connectivity index (χ4n) is 4.86. The van der Waals surface area contributed by atoms with E-state index in [2.05, 4.69) is 35.9 Å². The van der Waals surface area contributed by atoms with Gasteiger partial charge in [0.1, 0.15) is 5.75 Å². The maximum Gasteiger partial charge on any atom is 0.573 e. The van der Waals surface area contributed by atoms with Crippen molar-refractivity contribution < 1.29 is 17.9 Å². The highest BCUT2D eigenvalue weighted by molar-refractivity contribution is 5.46. The molecule has 0 bridgehead atoms. The number of ether oxygens (including phenoxy) is 1. The van der Waals surface area contributed by atoms with Crippen molar-refractivity contribution in [3.05, 3.63) is 76.4 Å². The lowest BCUT2D eigenvalue weighted by atomic mass is 9.74. The zero-order valence-electron chi connectivity index (χ0n) is 16.1. The Labute approximate surface area is 164 Å². The highest BCUT2D eigenvalue weighted by Gasteiger charge is 2.31. The van der Waals surface area contributed by atoms with Crippen LogP contribution in [0.5, 0.6) is 5.75 Å². The standard InChI is InChI=1S/C24H25F3O/c1-2-3-16-4-12-22-19(14-16)5-6-20-15-18(9-13-23(20)22)17-7-10-21(11-8-17)28-24(25,26)27/h2-3,5-8,10-11,16,18H,4,9,12-15H2,1H3/t16-,18-/m0/s1. The first kappa shape index (κ1) is 19.1. The van der Waals surface area contributed by atoms with Gasteiger partial charge in [0.05, 0.1) is 0 Å². The number of benzene rings is 2. The lowest BCUT2D eigenvalue weighted by Crippen LogP contribution is -2.20. The fourth-order valence-corrected chi connectivity index (χ4v) is 4.86. The van der Waals surface area contributed by atoms with Crippen molar-refractivity contribution in [1.29, 1.82) is 0 Å². The summed E-state index contributed by atoms with van der Waals surface area (Å²) in [5, 5.41) is 0. The molecular formula is C24H25F3O. The van der Waals surface area contributed by atoms with E-state index in [-0.39, 0.29) is 5.75 Å². The van der Waals surface area contributed by atoms with Crippen molar-refractivity contribution in [2.24, 2.45) is 5.92 Å². The van der Waals surface area contributed by atoms with E-state index < -0.39 is 6.36 Å². The molecule has 0 heterocycles. The highest BCUT2D eigenvalue weighted by atomic mass is 19.4. The normalized spacial score (nSPS) is 22.0. The van der Waals surface area contributed by atoms with E-state index in [1.807, 2.05) is 0 Å². The summed E-state index contributed by atoms with van der Waals surface area (Å²) in [6, 6.07) is 11.0. The summed E-state index contributed by atoms with van der Waals surface area (Å²) in [7, 11) is 0. The second kappa shape index (κ2) is 7.65. The molecule has 2 aromatic rings. The predicted molar refractivity (Wildman–Crippen MR) is 105 cm³/mol. The van der Waals surface area contributed by atoms with E-state index in [9.17, 15) is 13.2 Å². The van der Waals surface area contributed by atoms with Gasteiger partial charge in [-0.1, -0.05) is 36.4 Å². The van der Waals surface area contributed by atoms with Crippen LogP contribution in [0.25, 0.3) is 0 Å². The number of rotatable bonds is 3. The van der Waals surface area contributed by atoms with E-state index in [1.165, 1.54) is 35.2 Å². The Hall–Kier alpha value is -2.23. The van der Waals surface area contributed by atoms with Crippen LogP contribution < -0.4 is 4.74 Å². The predicted octanol–water partition coefficient (Wildman–Crippen LogP) is 6.54. The molecule has 0 amide bonds. The van der Waals surface area contributed by atoms with Gasteiger partial charge < -0.3 is 4.74 Å². The molecule has 0 saturated heterocycles. The Balaban J connectivity index is 1.50. The molecule has 0 spiro atoms. The molecule has 4 heteroatoms. The Morgan fingerprint density at radius 2 is 1.54 bits per heavy atom. The summed E-state index contributed by atoms with van der Waals surface area (Å²) in [5.74, 6) is 0.853. The number of halogens is 3.